The summed E-state index contributed by atoms with van der Waals surface area (Å²) < 4.78 is 5.03. The monoisotopic (exact) mass is 278 g/mol. The summed E-state index contributed by atoms with van der Waals surface area (Å²) in [5.74, 6) is 0. The van der Waals surface area contributed by atoms with Gasteiger partial charge in [0.1, 0.15) is 0 Å². The first-order valence-electron chi connectivity index (χ1n) is 7.43. The smallest absolute Gasteiger partial charge is 0.0635 e. The molecule has 1 atom stereocenters. The quantitative estimate of drug-likeness (QED) is 0.745. The number of aliphatic hydroxyl groups is 1. The highest BCUT2D eigenvalue weighted by atomic mass is 16.5. The fourth-order valence-electron chi connectivity index (χ4n) is 2.82. The van der Waals surface area contributed by atoms with Crippen LogP contribution in [0.25, 0.3) is 0 Å². The van der Waals surface area contributed by atoms with Crippen LogP contribution < -0.4 is 10.2 Å². The van der Waals surface area contributed by atoms with E-state index in [1.807, 2.05) is 0 Å². The van der Waals surface area contributed by atoms with Crippen molar-refractivity contribution in [1.82, 2.24) is 5.32 Å². The van der Waals surface area contributed by atoms with E-state index < -0.39 is 0 Å². The van der Waals surface area contributed by atoms with Gasteiger partial charge in [-0.25, -0.2) is 0 Å². The van der Waals surface area contributed by atoms with Gasteiger partial charge in [-0.2, -0.15) is 0 Å². The summed E-state index contributed by atoms with van der Waals surface area (Å²) in [6.45, 7) is 5.94. The number of benzene rings is 1. The molecule has 112 valence electrons. The van der Waals surface area contributed by atoms with Crippen LogP contribution in [0.2, 0.25) is 0 Å². The summed E-state index contributed by atoms with van der Waals surface area (Å²) in [6, 6.07) is 6.90. The van der Waals surface area contributed by atoms with E-state index in [2.05, 4.69) is 35.3 Å². The SMILES string of the molecule is COCCNCc1ccc(N2CCCC2CO)cc1C. The summed E-state index contributed by atoms with van der Waals surface area (Å²) in [7, 11) is 1.72. The van der Waals surface area contributed by atoms with Crippen molar-refractivity contribution < 1.29 is 9.84 Å². The highest BCUT2D eigenvalue weighted by molar-refractivity contribution is 5.52. The van der Waals surface area contributed by atoms with E-state index in [0.717, 1.165) is 32.7 Å². The van der Waals surface area contributed by atoms with Crippen molar-refractivity contribution in [3.63, 3.8) is 0 Å². The Morgan fingerprint density at radius 2 is 2.30 bits per heavy atom. The lowest BCUT2D eigenvalue weighted by molar-refractivity contribution is 0.199. The van der Waals surface area contributed by atoms with Crippen LogP contribution in [0.4, 0.5) is 5.69 Å². The van der Waals surface area contributed by atoms with Gasteiger partial charge in [0, 0.05) is 32.4 Å². The minimum absolute atomic E-state index is 0.249. The molecule has 0 radical (unpaired) electrons. The number of aliphatic hydroxyl groups excluding tert-OH is 1. The Hall–Kier alpha value is -1.10. The molecule has 4 nitrogen and oxygen atoms in total. The molecule has 1 aliphatic heterocycles. The standard InChI is InChI=1S/C16H26N2O2/c1-13-10-15(18-8-3-4-16(18)12-19)6-5-14(13)11-17-7-9-20-2/h5-6,10,16-17,19H,3-4,7-9,11-12H2,1-2H3. The maximum Gasteiger partial charge on any atom is 0.0635 e. The second-order valence-electron chi connectivity index (χ2n) is 5.45. The molecule has 1 heterocycles. The van der Waals surface area contributed by atoms with Crippen molar-refractivity contribution in [2.75, 3.05) is 38.3 Å². The largest absolute Gasteiger partial charge is 0.394 e. The first-order chi connectivity index (χ1) is 9.76. The zero-order valence-corrected chi connectivity index (χ0v) is 12.6. The van der Waals surface area contributed by atoms with Gasteiger partial charge in [0.05, 0.1) is 19.3 Å². The highest BCUT2D eigenvalue weighted by Crippen LogP contribution is 2.27. The Balaban J connectivity index is 1.98. The van der Waals surface area contributed by atoms with Gasteiger partial charge < -0.3 is 20.1 Å². The topological polar surface area (TPSA) is 44.7 Å². The summed E-state index contributed by atoms with van der Waals surface area (Å²) in [6.07, 6.45) is 2.26. The number of aryl methyl sites for hydroxylation is 1. The zero-order chi connectivity index (χ0) is 14.4. The van der Waals surface area contributed by atoms with Crippen molar-refractivity contribution in [3.8, 4) is 0 Å². The number of nitrogens with one attached hydrogen (secondary N) is 1. The second-order valence-corrected chi connectivity index (χ2v) is 5.45. The molecular weight excluding hydrogens is 252 g/mol. The Kier molecular flexibility index (Phi) is 5.83. The number of methoxy groups -OCH3 is 1. The molecule has 1 aliphatic rings. The predicted octanol–water partition coefficient (Wildman–Crippen LogP) is 1.69. The van der Waals surface area contributed by atoms with E-state index in [4.69, 9.17) is 4.74 Å². The predicted molar refractivity (Wildman–Crippen MR) is 82.2 cm³/mol. The highest BCUT2D eigenvalue weighted by Gasteiger charge is 2.23. The van der Waals surface area contributed by atoms with E-state index in [9.17, 15) is 5.11 Å². The van der Waals surface area contributed by atoms with Gasteiger partial charge in [0.2, 0.25) is 0 Å². The van der Waals surface area contributed by atoms with E-state index in [1.54, 1.807) is 7.11 Å². The van der Waals surface area contributed by atoms with Gasteiger partial charge in [-0.15, -0.1) is 0 Å². The van der Waals surface area contributed by atoms with Gasteiger partial charge in [0.15, 0.2) is 0 Å². The Labute approximate surface area is 121 Å². The number of nitrogens with zero attached hydrogens (tertiary/aromatic N) is 1. The number of hydrogen-bond acceptors (Lipinski definition) is 4. The van der Waals surface area contributed by atoms with Crippen LogP contribution in [-0.2, 0) is 11.3 Å². The van der Waals surface area contributed by atoms with Gasteiger partial charge in [-0.1, -0.05) is 6.07 Å². The third kappa shape index (κ3) is 3.72. The summed E-state index contributed by atoms with van der Waals surface area (Å²) >= 11 is 0. The van der Waals surface area contributed by atoms with Crippen LogP contribution in [0.15, 0.2) is 18.2 Å². The average Bonchev–Trinajstić information content (AvgIpc) is 2.93. The van der Waals surface area contributed by atoms with Crippen molar-refractivity contribution >= 4 is 5.69 Å². The minimum Gasteiger partial charge on any atom is -0.394 e. The van der Waals surface area contributed by atoms with Crippen molar-refractivity contribution in [3.05, 3.63) is 29.3 Å². The van der Waals surface area contributed by atoms with Crippen LogP contribution in [-0.4, -0.2) is 44.6 Å². The van der Waals surface area contributed by atoms with Gasteiger partial charge in [-0.3, -0.25) is 0 Å². The lowest BCUT2D eigenvalue weighted by atomic mass is 10.1. The van der Waals surface area contributed by atoms with Gasteiger partial charge >= 0.3 is 0 Å². The molecule has 0 amide bonds. The number of anilines is 1. The molecule has 20 heavy (non-hydrogen) atoms. The Bertz CT molecular complexity index is 423. The van der Waals surface area contributed by atoms with Gasteiger partial charge in [0.25, 0.3) is 0 Å². The number of hydrogen-bond donors (Lipinski definition) is 2. The average molecular weight is 278 g/mol. The molecule has 0 saturated carbocycles. The maximum atomic E-state index is 9.42. The molecule has 0 aromatic heterocycles. The van der Waals surface area contributed by atoms with Crippen LogP contribution in [0.3, 0.4) is 0 Å². The first-order valence-corrected chi connectivity index (χ1v) is 7.43. The molecule has 1 saturated heterocycles. The summed E-state index contributed by atoms with van der Waals surface area (Å²) in [4.78, 5) is 2.33. The molecule has 1 aromatic rings. The molecule has 2 rings (SSSR count). The lowest BCUT2D eigenvalue weighted by Crippen LogP contribution is -2.32. The summed E-state index contributed by atoms with van der Waals surface area (Å²) in [5, 5.41) is 12.8. The van der Waals surface area contributed by atoms with E-state index in [1.165, 1.54) is 23.2 Å². The zero-order valence-electron chi connectivity index (χ0n) is 12.6. The molecule has 0 bridgehead atoms. The van der Waals surface area contributed by atoms with E-state index in [0.29, 0.717) is 6.04 Å². The summed E-state index contributed by atoms with van der Waals surface area (Å²) in [5.41, 5.74) is 3.86. The van der Waals surface area contributed by atoms with E-state index >= 15 is 0 Å². The minimum atomic E-state index is 0.249. The molecule has 1 unspecified atom stereocenters. The van der Waals surface area contributed by atoms with Crippen LogP contribution in [0.5, 0.6) is 0 Å². The van der Waals surface area contributed by atoms with Crippen LogP contribution >= 0.6 is 0 Å². The van der Waals surface area contributed by atoms with Crippen molar-refractivity contribution in [2.45, 2.75) is 32.4 Å². The molecule has 1 fully saturated rings. The molecular formula is C16H26N2O2. The molecule has 2 N–H and O–H groups in total. The number of rotatable bonds is 7. The lowest BCUT2D eigenvalue weighted by Gasteiger charge is -2.26. The van der Waals surface area contributed by atoms with Crippen LogP contribution in [0, 0.1) is 6.92 Å². The third-order valence-electron chi connectivity index (χ3n) is 4.04. The van der Waals surface area contributed by atoms with Gasteiger partial charge in [-0.05, 0) is 43.0 Å². The number of ether oxygens (including phenoxy) is 1. The van der Waals surface area contributed by atoms with E-state index in [-0.39, 0.29) is 6.61 Å². The molecule has 0 spiro atoms. The molecule has 1 aromatic carbocycles. The normalized spacial score (nSPS) is 18.8. The third-order valence-corrected chi connectivity index (χ3v) is 4.04. The fourth-order valence-corrected chi connectivity index (χ4v) is 2.82. The Morgan fingerprint density at radius 3 is 3.00 bits per heavy atom. The Morgan fingerprint density at radius 1 is 1.45 bits per heavy atom. The molecule has 4 heteroatoms. The first kappa shape index (κ1) is 15.3. The van der Waals surface area contributed by atoms with Crippen molar-refractivity contribution in [2.24, 2.45) is 0 Å². The molecule has 0 aliphatic carbocycles. The fraction of sp³-hybridized carbons (Fsp3) is 0.625. The second kappa shape index (κ2) is 7.62. The maximum absolute atomic E-state index is 9.42. The van der Waals surface area contributed by atoms with Crippen molar-refractivity contribution in [1.29, 1.82) is 0 Å². The van der Waals surface area contributed by atoms with Crippen LogP contribution in [0.1, 0.15) is 24.0 Å².